The first kappa shape index (κ1) is 16.6. The first-order chi connectivity index (χ1) is 9.01. The molecule has 0 spiro atoms. The number of aromatic nitrogens is 2. The molecule has 11 heteroatoms. The summed E-state index contributed by atoms with van der Waals surface area (Å²) >= 11 is 0. The minimum absolute atomic E-state index is 0.328. The molecule has 0 aliphatic rings. The molecule has 2 N–H and O–H groups in total. The lowest BCUT2D eigenvalue weighted by molar-refractivity contribution is -0.139. The molecule has 0 saturated heterocycles. The van der Waals surface area contributed by atoms with E-state index in [2.05, 4.69) is 4.98 Å². The summed E-state index contributed by atoms with van der Waals surface area (Å²) in [7, 11) is -5.94. The Balaban J connectivity index is 2.88. The van der Waals surface area contributed by atoms with E-state index >= 15 is 0 Å². The molecule has 114 valence electrons. The number of carboxylic acid groups (broad SMARTS) is 1. The third-order valence-corrected chi connectivity index (χ3v) is 4.66. The first-order valence-electron chi connectivity index (χ1n) is 5.42. The van der Waals surface area contributed by atoms with E-state index in [-0.39, 0.29) is 11.4 Å². The van der Waals surface area contributed by atoms with E-state index in [9.17, 15) is 21.6 Å². The van der Waals surface area contributed by atoms with Crippen LogP contribution in [0.1, 0.15) is 6.42 Å². The van der Waals surface area contributed by atoms with Crippen molar-refractivity contribution in [2.45, 2.75) is 17.5 Å². The van der Waals surface area contributed by atoms with Gasteiger partial charge in [-0.05, 0) is 6.42 Å². The van der Waals surface area contributed by atoms with E-state index in [1.165, 1.54) is 17.1 Å². The molecule has 1 unspecified atom stereocenters. The van der Waals surface area contributed by atoms with Gasteiger partial charge in [0.2, 0.25) is 0 Å². The summed E-state index contributed by atoms with van der Waals surface area (Å²) in [5, 5.41) is 8.61. The Morgan fingerprint density at radius 3 is 2.45 bits per heavy atom. The van der Waals surface area contributed by atoms with Crippen LogP contribution >= 0.6 is 0 Å². The Bertz CT molecular complexity index is 691. The van der Waals surface area contributed by atoms with Crippen molar-refractivity contribution in [1.82, 2.24) is 14.3 Å². The average Bonchev–Trinajstić information content (AvgIpc) is 2.70. The van der Waals surface area contributed by atoms with Gasteiger partial charge in [0.1, 0.15) is 15.9 Å². The van der Waals surface area contributed by atoms with Gasteiger partial charge < -0.3 is 9.67 Å². The van der Waals surface area contributed by atoms with Crippen molar-refractivity contribution in [2.75, 3.05) is 12.0 Å². The minimum Gasteiger partial charge on any atom is -0.480 e. The van der Waals surface area contributed by atoms with Crippen LogP contribution in [0.15, 0.2) is 17.6 Å². The van der Waals surface area contributed by atoms with Gasteiger partial charge in [0.15, 0.2) is 5.03 Å². The highest BCUT2D eigenvalue weighted by molar-refractivity contribution is 7.90. The highest BCUT2D eigenvalue weighted by Crippen LogP contribution is 2.07. The van der Waals surface area contributed by atoms with Crippen molar-refractivity contribution in [2.24, 2.45) is 7.05 Å². The van der Waals surface area contributed by atoms with Gasteiger partial charge in [0.05, 0.1) is 12.1 Å². The van der Waals surface area contributed by atoms with Crippen molar-refractivity contribution < 1.29 is 26.7 Å². The Hall–Kier alpha value is -1.46. The lowest BCUT2D eigenvalue weighted by Gasteiger charge is -2.13. The molecule has 9 nitrogen and oxygen atoms in total. The Kier molecular flexibility index (Phi) is 4.89. The van der Waals surface area contributed by atoms with E-state index in [4.69, 9.17) is 5.11 Å². The van der Waals surface area contributed by atoms with Crippen molar-refractivity contribution in [3.63, 3.8) is 0 Å². The Morgan fingerprint density at radius 2 is 2.05 bits per heavy atom. The summed E-state index contributed by atoms with van der Waals surface area (Å²) in [5.74, 6) is -1.89. The third kappa shape index (κ3) is 4.90. The zero-order valence-electron chi connectivity index (χ0n) is 10.8. The van der Waals surface area contributed by atoms with Gasteiger partial charge in [-0.1, -0.05) is 0 Å². The fourth-order valence-corrected chi connectivity index (χ4v) is 3.21. The molecular formula is C9H15N3O6S2. The van der Waals surface area contributed by atoms with Crippen molar-refractivity contribution >= 4 is 25.8 Å². The minimum atomic E-state index is -4.11. The number of carboxylic acids is 1. The summed E-state index contributed by atoms with van der Waals surface area (Å²) in [6.45, 7) is 0. The molecule has 0 saturated carbocycles. The maximum absolute atomic E-state index is 11.9. The molecule has 0 aliphatic carbocycles. The van der Waals surface area contributed by atoms with Crippen LogP contribution in [-0.4, -0.2) is 55.5 Å². The number of aryl methyl sites for hydroxylation is 1. The van der Waals surface area contributed by atoms with E-state index in [0.717, 1.165) is 6.26 Å². The standard InChI is InChI=1S/C9H15N3O6S2/c1-12-5-8(10-6-12)20(17,18)11-7(9(13)14)3-4-19(2,15)16/h5-7,11H,3-4H2,1-2H3,(H,13,14). The maximum Gasteiger partial charge on any atom is 0.321 e. The number of carbonyl (C=O) groups is 1. The van der Waals surface area contributed by atoms with Crippen LogP contribution in [0.25, 0.3) is 0 Å². The molecule has 1 atom stereocenters. The molecule has 0 aliphatic heterocycles. The van der Waals surface area contributed by atoms with Crippen molar-refractivity contribution in [1.29, 1.82) is 0 Å². The molecule has 1 aromatic rings. The molecule has 0 amide bonds. The van der Waals surface area contributed by atoms with E-state index in [1.807, 2.05) is 4.72 Å². The van der Waals surface area contributed by atoms with Gasteiger partial charge >= 0.3 is 5.97 Å². The topological polar surface area (TPSA) is 135 Å². The summed E-state index contributed by atoms with van der Waals surface area (Å²) < 4.78 is 49.1. The molecular weight excluding hydrogens is 310 g/mol. The molecule has 1 aromatic heterocycles. The Morgan fingerprint density at radius 1 is 1.45 bits per heavy atom. The highest BCUT2D eigenvalue weighted by atomic mass is 32.2. The lowest BCUT2D eigenvalue weighted by atomic mass is 10.2. The monoisotopic (exact) mass is 325 g/mol. The number of sulfonamides is 1. The molecule has 1 heterocycles. The van der Waals surface area contributed by atoms with Gasteiger partial charge in [-0.3, -0.25) is 4.79 Å². The molecule has 0 radical (unpaired) electrons. The number of rotatable bonds is 7. The number of aliphatic carboxylic acids is 1. The molecule has 20 heavy (non-hydrogen) atoms. The van der Waals surface area contributed by atoms with E-state index in [0.29, 0.717) is 0 Å². The normalized spacial score (nSPS) is 14.1. The van der Waals surface area contributed by atoms with Crippen LogP contribution < -0.4 is 4.72 Å². The van der Waals surface area contributed by atoms with Crippen molar-refractivity contribution in [3.8, 4) is 0 Å². The molecule has 0 aromatic carbocycles. The largest absolute Gasteiger partial charge is 0.480 e. The second-order valence-electron chi connectivity index (χ2n) is 4.31. The number of nitrogens with zero attached hydrogens (tertiary/aromatic N) is 2. The maximum atomic E-state index is 11.9. The summed E-state index contributed by atoms with van der Waals surface area (Å²) in [5.41, 5.74) is 0. The highest BCUT2D eigenvalue weighted by Gasteiger charge is 2.27. The van der Waals surface area contributed by atoms with Gasteiger partial charge in [-0.2, -0.15) is 4.72 Å². The predicted octanol–water partition coefficient (Wildman–Crippen LogP) is -1.41. The molecule has 1 rings (SSSR count). The molecule has 0 fully saturated rings. The lowest BCUT2D eigenvalue weighted by Crippen LogP contribution is -2.41. The number of hydrogen-bond donors (Lipinski definition) is 2. The van der Waals surface area contributed by atoms with Crippen LogP contribution in [0.5, 0.6) is 0 Å². The van der Waals surface area contributed by atoms with Crippen LogP contribution in [-0.2, 0) is 31.7 Å². The fourth-order valence-electron chi connectivity index (χ4n) is 1.34. The van der Waals surface area contributed by atoms with Crippen LogP contribution in [0.2, 0.25) is 0 Å². The number of imidazole rings is 1. The van der Waals surface area contributed by atoms with E-state index < -0.39 is 37.6 Å². The van der Waals surface area contributed by atoms with Gasteiger partial charge in [-0.25, -0.2) is 21.8 Å². The zero-order chi connectivity index (χ0) is 15.6. The number of hydrogen-bond acceptors (Lipinski definition) is 6. The number of sulfone groups is 1. The smallest absolute Gasteiger partial charge is 0.321 e. The Labute approximate surface area is 116 Å². The predicted molar refractivity (Wildman–Crippen MR) is 69.3 cm³/mol. The second kappa shape index (κ2) is 5.89. The number of nitrogens with one attached hydrogen (secondary N) is 1. The van der Waals surface area contributed by atoms with Gasteiger partial charge in [-0.15, -0.1) is 0 Å². The van der Waals surface area contributed by atoms with Crippen LogP contribution in [0, 0.1) is 0 Å². The average molecular weight is 325 g/mol. The van der Waals surface area contributed by atoms with Gasteiger partial charge in [0, 0.05) is 19.5 Å². The summed E-state index contributed by atoms with van der Waals surface area (Å²) in [4.78, 5) is 14.6. The third-order valence-electron chi connectivity index (χ3n) is 2.33. The van der Waals surface area contributed by atoms with Gasteiger partial charge in [0.25, 0.3) is 10.0 Å². The quantitative estimate of drug-likeness (QED) is 0.628. The molecule has 0 bridgehead atoms. The second-order valence-corrected chi connectivity index (χ2v) is 8.23. The summed E-state index contributed by atoms with van der Waals surface area (Å²) in [6, 6.07) is -1.53. The fraction of sp³-hybridized carbons (Fsp3) is 0.556. The zero-order valence-corrected chi connectivity index (χ0v) is 12.5. The SMILES string of the molecule is Cn1cnc(S(=O)(=O)NC(CCS(C)(=O)=O)C(=O)O)c1. The summed E-state index contributed by atoms with van der Waals surface area (Å²) in [6.07, 6.45) is 3.04. The first-order valence-corrected chi connectivity index (χ1v) is 8.96. The van der Waals surface area contributed by atoms with Crippen LogP contribution in [0.3, 0.4) is 0 Å². The van der Waals surface area contributed by atoms with Crippen LogP contribution in [0.4, 0.5) is 0 Å². The van der Waals surface area contributed by atoms with Crippen molar-refractivity contribution in [3.05, 3.63) is 12.5 Å². The van der Waals surface area contributed by atoms with E-state index in [1.54, 1.807) is 7.05 Å².